The molecule has 5 heteroatoms. The first-order valence-electron chi connectivity index (χ1n) is 11.4. The first-order valence-corrected chi connectivity index (χ1v) is 13.0. The summed E-state index contributed by atoms with van der Waals surface area (Å²) >= 11 is 0. The lowest BCUT2D eigenvalue weighted by Gasteiger charge is -2.40. The molecule has 1 fully saturated rings. The summed E-state index contributed by atoms with van der Waals surface area (Å²) in [5.41, 5.74) is 0. The Morgan fingerprint density at radius 3 is 1.74 bits per heavy atom. The van der Waals surface area contributed by atoms with Gasteiger partial charge in [0, 0.05) is 0 Å². The molecule has 4 nitrogen and oxygen atoms in total. The Morgan fingerprint density at radius 2 is 1.30 bits per heavy atom. The van der Waals surface area contributed by atoms with Crippen LogP contribution in [0.5, 0.6) is 0 Å². The highest BCUT2D eigenvalue weighted by Crippen LogP contribution is 2.16. The van der Waals surface area contributed by atoms with E-state index in [2.05, 4.69) is 20.6 Å². The van der Waals surface area contributed by atoms with Gasteiger partial charge < -0.3 is 4.48 Å². The van der Waals surface area contributed by atoms with Crippen molar-refractivity contribution >= 4 is 10.0 Å². The summed E-state index contributed by atoms with van der Waals surface area (Å²) in [6.07, 6.45) is 17.2. The normalized spacial score (nSPS) is 17.9. The van der Waals surface area contributed by atoms with Gasteiger partial charge in [0.25, 0.3) is 0 Å². The quantitative estimate of drug-likeness (QED) is 0.208. The lowest BCUT2D eigenvalue weighted by Crippen LogP contribution is -2.58. The molecule has 0 aliphatic carbocycles. The molecule has 1 heterocycles. The van der Waals surface area contributed by atoms with Crippen LogP contribution < -0.4 is 0 Å². The predicted octanol–water partition coefficient (Wildman–Crippen LogP) is 4.97. The van der Waals surface area contributed by atoms with E-state index < -0.39 is 10.0 Å². The van der Waals surface area contributed by atoms with Crippen molar-refractivity contribution in [2.45, 2.75) is 84.0 Å². The van der Waals surface area contributed by atoms with Gasteiger partial charge in [-0.05, 0) is 12.5 Å². The molecular formula is C22H45N2O2S+. The molecule has 0 saturated carbocycles. The number of piperazine rings is 1. The second-order valence-corrected chi connectivity index (χ2v) is 10.7. The van der Waals surface area contributed by atoms with Crippen LogP contribution in [0, 0.1) is 0 Å². The molecule has 0 aromatic heterocycles. The summed E-state index contributed by atoms with van der Waals surface area (Å²) in [4.78, 5) is 0. The zero-order valence-corrected chi connectivity index (χ0v) is 18.9. The largest absolute Gasteiger partial charge is 0.321 e. The molecule has 0 unspecified atom stereocenters. The Kier molecular flexibility index (Phi) is 12.5. The van der Waals surface area contributed by atoms with Gasteiger partial charge in [-0.3, -0.25) is 0 Å². The van der Waals surface area contributed by atoms with E-state index in [-0.39, 0.29) is 0 Å². The van der Waals surface area contributed by atoms with Gasteiger partial charge in [0.05, 0.1) is 45.5 Å². The van der Waals surface area contributed by atoms with E-state index in [0.717, 1.165) is 37.0 Å². The van der Waals surface area contributed by atoms with Gasteiger partial charge in [-0.25, -0.2) is 8.42 Å². The van der Waals surface area contributed by atoms with Crippen LogP contribution in [0.15, 0.2) is 12.7 Å². The average Bonchev–Trinajstić information content (AvgIpc) is 2.63. The summed E-state index contributed by atoms with van der Waals surface area (Å²) in [6, 6.07) is 0. The van der Waals surface area contributed by atoms with Crippen molar-refractivity contribution in [3.8, 4) is 0 Å². The molecule has 1 aliphatic rings. The highest BCUT2D eigenvalue weighted by Gasteiger charge is 2.33. The van der Waals surface area contributed by atoms with Crippen LogP contribution in [0.4, 0.5) is 0 Å². The molecule has 1 aliphatic heterocycles. The summed E-state index contributed by atoms with van der Waals surface area (Å²) in [5, 5.41) is 0. The van der Waals surface area contributed by atoms with E-state index in [1.165, 1.54) is 64.2 Å². The third-order valence-corrected chi connectivity index (χ3v) is 7.95. The maximum Gasteiger partial charge on any atom is 0.214 e. The summed E-state index contributed by atoms with van der Waals surface area (Å²) < 4.78 is 27.7. The first kappa shape index (κ1) is 24.6. The Labute approximate surface area is 169 Å². The predicted molar refractivity (Wildman–Crippen MR) is 117 cm³/mol. The van der Waals surface area contributed by atoms with Crippen molar-refractivity contribution in [1.29, 1.82) is 0 Å². The van der Waals surface area contributed by atoms with Gasteiger partial charge in [-0.1, -0.05) is 84.1 Å². The lowest BCUT2D eigenvalue weighted by atomic mass is 10.1. The van der Waals surface area contributed by atoms with Crippen molar-refractivity contribution in [2.24, 2.45) is 0 Å². The highest BCUT2D eigenvalue weighted by atomic mass is 32.2. The minimum Gasteiger partial charge on any atom is -0.321 e. The Morgan fingerprint density at radius 1 is 0.852 bits per heavy atom. The second-order valence-electron chi connectivity index (χ2n) is 8.64. The van der Waals surface area contributed by atoms with Crippen molar-refractivity contribution in [1.82, 2.24) is 4.31 Å². The van der Waals surface area contributed by atoms with Gasteiger partial charge >= 0.3 is 0 Å². The monoisotopic (exact) mass is 401 g/mol. The van der Waals surface area contributed by atoms with Crippen LogP contribution in [-0.2, 0) is 10.0 Å². The van der Waals surface area contributed by atoms with Crippen molar-refractivity contribution in [3.63, 3.8) is 0 Å². The number of unbranched alkanes of at least 4 members (excludes halogenated alkanes) is 11. The third-order valence-electron chi connectivity index (χ3n) is 6.00. The molecule has 0 spiro atoms. The van der Waals surface area contributed by atoms with Crippen molar-refractivity contribution in [3.05, 3.63) is 12.7 Å². The summed E-state index contributed by atoms with van der Waals surface area (Å²) in [7, 11) is -0.872. The van der Waals surface area contributed by atoms with E-state index in [4.69, 9.17) is 0 Å². The van der Waals surface area contributed by atoms with E-state index in [1.807, 2.05) is 6.08 Å². The SMILES string of the molecule is C=CC[N+]1(C)CCN(S(=O)(=O)CCCCCCCCCCCCCC)CC1. The highest BCUT2D eigenvalue weighted by molar-refractivity contribution is 7.89. The van der Waals surface area contributed by atoms with Crippen LogP contribution in [0.3, 0.4) is 0 Å². The molecule has 0 bridgehead atoms. The van der Waals surface area contributed by atoms with E-state index in [0.29, 0.717) is 18.8 Å². The standard InChI is InChI=1S/C22H45N2O2S/c1-4-6-7-8-9-10-11-12-13-14-15-16-22-27(25,26)23-17-20-24(3,19-5-2)21-18-23/h5H,2,4,6-22H2,1,3H3/q+1. The van der Waals surface area contributed by atoms with Gasteiger partial charge in [0.15, 0.2) is 0 Å². The van der Waals surface area contributed by atoms with E-state index >= 15 is 0 Å². The molecule has 0 aromatic rings. The smallest absolute Gasteiger partial charge is 0.214 e. The van der Waals surface area contributed by atoms with Crippen LogP contribution in [-0.4, -0.2) is 62.7 Å². The molecule has 0 aromatic carbocycles. The first-order chi connectivity index (χ1) is 12.9. The number of hydrogen-bond donors (Lipinski definition) is 0. The van der Waals surface area contributed by atoms with Crippen molar-refractivity contribution < 1.29 is 12.9 Å². The topological polar surface area (TPSA) is 37.4 Å². The van der Waals surface area contributed by atoms with Crippen LogP contribution in [0.2, 0.25) is 0 Å². The number of rotatable bonds is 16. The number of likely N-dealkylation sites (N-methyl/N-ethyl adjacent to an activating group) is 1. The van der Waals surface area contributed by atoms with Gasteiger partial charge in [-0.2, -0.15) is 4.31 Å². The number of hydrogen-bond acceptors (Lipinski definition) is 2. The Hall–Kier alpha value is -0.390. The molecule has 27 heavy (non-hydrogen) atoms. The van der Waals surface area contributed by atoms with Crippen LogP contribution in [0.25, 0.3) is 0 Å². The van der Waals surface area contributed by atoms with Gasteiger partial charge in [-0.15, -0.1) is 0 Å². The van der Waals surface area contributed by atoms with Crippen LogP contribution >= 0.6 is 0 Å². The fourth-order valence-electron chi connectivity index (χ4n) is 3.96. The van der Waals surface area contributed by atoms with Crippen LogP contribution in [0.1, 0.15) is 84.0 Å². The average molecular weight is 402 g/mol. The molecule has 0 N–H and O–H groups in total. The minimum absolute atomic E-state index is 0.329. The molecule has 1 rings (SSSR count). The fourth-order valence-corrected chi connectivity index (χ4v) is 5.50. The fraction of sp³-hybridized carbons (Fsp3) is 0.909. The zero-order valence-electron chi connectivity index (χ0n) is 18.1. The van der Waals surface area contributed by atoms with Gasteiger partial charge in [0.2, 0.25) is 10.0 Å². The Balaban J connectivity index is 2.03. The number of quaternary nitrogens is 1. The molecule has 1 saturated heterocycles. The number of nitrogens with zero attached hydrogens (tertiary/aromatic N) is 2. The summed E-state index contributed by atoms with van der Waals surface area (Å²) in [6.45, 7) is 10.1. The molecule has 0 atom stereocenters. The molecular weight excluding hydrogens is 356 g/mol. The lowest BCUT2D eigenvalue weighted by molar-refractivity contribution is -0.907. The summed E-state index contributed by atoms with van der Waals surface area (Å²) in [5.74, 6) is 0.329. The Bertz CT molecular complexity index is 483. The third kappa shape index (κ3) is 10.7. The van der Waals surface area contributed by atoms with E-state index in [1.54, 1.807) is 4.31 Å². The maximum atomic E-state index is 12.5. The minimum atomic E-state index is -3.06. The second kappa shape index (κ2) is 13.7. The zero-order chi connectivity index (χ0) is 20.0. The molecule has 160 valence electrons. The van der Waals surface area contributed by atoms with Crippen molar-refractivity contribution in [2.75, 3.05) is 45.5 Å². The van der Waals surface area contributed by atoms with Gasteiger partial charge in [0.1, 0.15) is 0 Å². The maximum absolute atomic E-state index is 12.5. The van der Waals surface area contributed by atoms with E-state index in [9.17, 15) is 8.42 Å². The molecule has 0 amide bonds. The number of sulfonamides is 1. The molecule has 0 radical (unpaired) electrons.